The molecule has 10 heteroatoms. The minimum atomic E-state index is -0.367. The Morgan fingerprint density at radius 3 is 2.62 bits per heavy atom. The van der Waals surface area contributed by atoms with E-state index >= 15 is 0 Å². The quantitative estimate of drug-likeness (QED) is 0.283. The Kier molecular flexibility index (Phi) is 6.95. The maximum absolute atomic E-state index is 14.0. The number of rotatable bonds is 8. The van der Waals surface area contributed by atoms with Crippen molar-refractivity contribution in [3.05, 3.63) is 80.8 Å². The molecule has 9 nitrogen and oxygen atoms in total. The lowest BCUT2D eigenvalue weighted by atomic mass is 10.1. The summed E-state index contributed by atoms with van der Waals surface area (Å²) in [6, 6.07) is 15.0. The van der Waals surface area contributed by atoms with E-state index in [1.165, 1.54) is 11.3 Å². The maximum atomic E-state index is 14.0. The van der Waals surface area contributed by atoms with Crippen LogP contribution in [0, 0.1) is 0 Å². The van der Waals surface area contributed by atoms with E-state index in [1.54, 1.807) is 23.7 Å². The second kappa shape index (κ2) is 10.6. The summed E-state index contributed by atoms with van der Waals surface area (Å²) < 4.78 is 18.3. The summed E-state index contributed by atoms with van der Waals surface area (Å²) in [6.07, 6.45) is 3.19. The highest BCUT2D eigenvalue weighted by Gasteiger charge is 2.44. The van der Waals surface area contributed by atoms with Crippen LogP contribution >= 0.6 is 11.3 Å². The zero-order valence-electron chi connectivity index (χ0n) is 22.9. The van der Waals surface area contributed by atoms with E-state index in [4.69, 9.17) is 24.2 Å². The number of fused-ring (bicyclic) bond motifs is 1. The Balaban J connectivity index is 1.33. The van der Waals surface area contributed by atoms with E-state index in [1.807, 2.05) is 48.5 Å². The van der Waals surface area contributed by atoms with Gasteiger partial charge in [-0.15, -0.1) is 0 Å². The molecule has 0 spiro atoms. The SMILES string of the molecule is COc1ccc(Cn2c(C3(C)CC3)nc3sc(C4CCCN4C(=O)OCc4ccccc4)nc3c2=O)c(OC)c1. The molecule has 3 heterocycles. The maximum Gasteiger partial charge on any atom is 0.410 e. The van der Waals surface area contributed by atoms with Crippen molar-refractivity contribution < 1.29 is 19.0 Å². The predicted octanol–water partition coefficient (Wildman–Crippen LogP) is 5.44. The Morgan fingerprint density at radius 1 is 1.10 bits per heavy atom. The first-order valence-corrected chi connectivity index (χ1v) is 14.3. The first kappa shape index (κ1) is 26.3. The molecule has 1 aliphatic carbocycles. The van der Waals surface area contributed by atoms with Crippen molar-refractivity contribution in [3.8, 4) is 11.5 Å². The molecule has 1 saturated heterocycles. The van der Waals surface area contributed by atoms with Gasteiger partial charge in [0.2, 0.25) is 0 Å². The van der Waals surface area contributed by atoms with Crippen LogP contribution < -0.4 is 15.0 Å². The molecular formula is C30H32N4O5S. The molecule has 1 unspecified atom stereocenters. The molecule has 4 aromatic rings. The molecule has 2 fully saturated rings. The van der Waals surface area contributed by atoms with Crippen LogP contribution in [0.2, 0.25) is 0 Å². The summed E-state index contributed by atoms with van der Waals surface area (Å²) in [5.41, 5.74) is 1.80. The third-order valence-electron chi connectivity index (χ3n) is 7.88. The summed E-state index contributed by atoms with van der Waals surface area (Å²) in [4.78, 5) is 39.1. The number of nitrogens with zero attached hydrogens (tertiary/aromatic N) is 4. The summed E-state index contributed by atoms with van der Waals surface area (Å²) in [7, 11) is 3.22. The number of hydrogen-bond donors (Lipinski definition) is 0. The van der Waals surface area contributed by atoms with Crippen LogP contribution in [0.4, 0.5) is 4.79 Å². The van der Waals surface area contributed by atoms with Crippen LogP contribution in [-0.2, 0) is 23.3 Å². The van der Waals surface area contributed by atoms with Gasteiger partial charge in [0, 0.05) is 23.6 Å². The number of carbonyl (C=O) groups is 1. The first-order chi connectivity index (χ1) is 19.4. The number of ether oxygens (including phenoxy) is 3. The van der Waals surface area contributed by atoms with Crippen LogP contribution in [0.15, 0.2) is 53.3 Å². The molecule has 2 aromatic heterocycles. The van der Waals surface area contributed by atoms with Crippen molar-refractivity contribution in [2.45, 2.75) is 57.2 Å². The second-order valence-corrected chi connectivity index (χ2v) is 11.7. The van der Waals surface area contributed by atoms with Gasteiger partial charge in [0.15, 0.2) is 10.3 Å². The molecule has 1 saturated carbocycles. The van der Waals surface area contributed by atoms with Crippen molar-refractivity contribution in [3.63, 3.8) is 0 Å². The highest BCUT2D eigenvalue weighted by atomic mass is 32.1. The molecule has 1 amide bonds. The van der Waals surface area contributed by atoms with Crippen LogP contribution in [0.25, 0.3) is 10.3 Å². The number of amides is 1. The first-order valence-electron chi connectivity index (χ1n) is 13.5. The zero-order valence-corrected chi connectivity index (χ0v) is 23.7. The van der Waals surface area contributed by atoms with Gasteiger partial charge in [0.25, 0.3) is 5.56 Å². The van der Waals surface area contributed by atoms with E-state index in [0.29, 0.717) is 34.9 Å². The van der Waals surface area contributed by atoms with Gasteiger partial charge >= 0.3 is 6.09 Å². The largest absolute Gasteiger partial charge is 0.497 e. The third kappa shape index (κ3) is 4.92. The van der Waals surface area contributed by atoms with E-state index in [2.05, 4.69) is 6.92 Å². The second-order valence-electron chi connectivity index (χ2n) is 10.7. The van der Waals surface area contributed by atoms with Crippen LogP contribution in [0.5, 0.6) is 11.5 Å². The molecule has 208 valence electrons. The van der Waals surface area contributed by atoms with Crippen LogP contribution in [0.1, 0.15) is 60.6 Å². The Hall–Kier alpha value is -3.92. The van der Waals surface area contributed by atoms with E-state index < -0.39 is 0 Å². The number of methoxy groups -OCH3 is 2. The van der Waals surface area contributed by atoms with Gasteiger partial charge in [-0.1, -0.05) is 48.6 Å². The standard InChI is InChI=1S/C30H32N4O5S/c1-30(13-14-30)28-32-26-24(27(35)34(28)17-20-11-12-21(37-2)16-23(20)38-3)31-25(40-26)22-10-7-15-33(22)29(36)39-18-19-8-5-4-6-9-19/h4-6,8-9,11-12,16,22H,7,10,13-15,17-18H2,1-3H3. The average molecular weight is 561 g/mol. The fraction of sp³-hybridized carbons (Fsp3) is 0.400. The predicted molar refractivity (Wildman–Crippen MR) is 152 cm³/mol. The highest BCUT2D eigenvalue weighted by Crippen LogP contribution is 2.47. The lowest BCUT2D eigenvalue weighted by molar-refractivity contribution is 0.0920. The fourth-order valence-corrected chi connectivity index (χ4v) is 6.36. The molecule has 0 radical (unpaired) electrons. The normalized spacial score (nSPS) is 17.7. The van der Waals surface area contributed by atoms with Crippen molar-refractivity contribution >= 4 is 27.8 Å². The Bertz CT molecular complexity index is 1610. The molecule has 40 heavy (non-hydrogen) atoms. The minimum absolute atomic E-state index is 0.155. The molecule has 2 aliphatic rings. The van der Waals surface area contributed by atoms with Gasteiger partial charge in [-0.2, -0.15) is 0 Å². The summed E-state index contributed by atoms with van der Waals surface area (Å²) in [5, 5.41) is 0.723. The molecule has 1 atom stereocenters. The van der Waals surface area contributed by atoms with E-state index in [0.717, 1.165) is 47.6 Å². The summed E-state index contributed by atoms with van der Waals surface area (Å²) in [6.45, 7) is 3.26. The van der Waals surface area contributed by atoms with Gasteiger partial charge in [-0.05, 0) is 43.4 Å². The number of aromatic nitrogens is 3. The van der Waals surface area contributed by atoms with E-state index in [9.17, 15) is 9.59 Å². The third-order valence-corrected chi connectivity index (χ3v) is 8.93. The number of carbonyl (C=O) groups excluding carboxylic acids is 1. The monoisotopic (exact) mass is 560 g/mol. The van der Waals surface area contributed by atoms with Gasteiger partial charge in [-0.25, -0.2) is 14.8 Å². The molecule has 1 aliphatic heterocycles. The number of benzene rings is 2. The lowest BCUT2D eigenvalue weighted by Crippen LogP contribution is -2.31. The van der Waals surface area contributed by atoms with Gasteiger partial charge < -0.3 is 14.2 Å². The summed E-state index contributed by atoms with van der Waals surface area (Å²) in [5.74, 6) is 2.10. The number of thiazole rings is 1. The van der Waals surface area contributed by atoms with Crippen molar-refractivity contribution in [1.82, 2.24) is 19.4 Å². The number of hydrogen-bond acceptors (Lipinski definition) is 8. The van der Waals surface area contributed by atoms with Gasteiger partial charge in [0.1, 0.15) is 28.9 Å². The molecule has 2 aromatic carbocycles. The molecule has 6 rings (SSSR count). The average Bonchev–Trinajstić information content (AvgIpc) is 3.36. The molecule has 0 N–H and O–H groups in total. The lowest BCUT2D eigenvalue weighted by Gasteiger charge is -2.22. The fourth-order valence-electron chi connectivity index (χ4n) is 5.28. The Labute approximate surface area is 236 Å². The van der Waals surface area contributed by atoms with Crippen LogP contribution in [-0.4, -0.2) is 46.3 Å². The highest BCUT2D eigenvalue weighted by molar-refractivity contribution is 7.18. The summed E-state index contributed by atoms with van der Waals surface area (Å²) >= 11 is 1.40. The zero-order chi connectivity index (χ0) is 27.9. The topological polar surface area (TPSA) is 95.8 Å². The van der Waals surface area contributed by atoms with Gasteiger partial charge in [-0.3, -0.25) is 14.3 Å². The van der Waals surface area contributed by atoms with E-state index in [-0.39, 0.29) is 29.7 Å². The minimum Gasteiger partial charge on any atom is -0.497 e. The number of likely N-dealkylation sites (tertiary alicyclic amines) is 1. The van der Waals surface area contributed by atoms with Crippen molar-refractivity contribution in [2.75, 3.05) is 20.8 Å². The smallest absolute Gasteiger partial charge is 0.410 e. The molecular weight excluding hydrogens is 528 g/mol. The molecule has 0 bridgehead atoms. The van der Waals surface area contributed by atoms with Crippen LogP contribution in [0.3, 0.4) is 0 Å². The van der Waals surface area contributed by atoms with Gasteiger partial charge in [0.05, 0.1) is 26.8 Å². The van der Waals surface area contributed by atoms with Crippen molar-refractivity contribution in [2.24, 2.45) is 0 Å². The van der Waals surface area contributed by atoms with Crippen molar-refractivity contribution in [1.29, 1.82) is 0 Å². The Morgan fingerprint density at radius 2 is 1.90 bits per heavy atom.